The van der Waals surface area contributed by atoms with E-state index in [4.69, 9.17) is 20.4 Å². The highest BCUT2D eigenvalue weighted by molar-refractivity contribution is 5.65. The van der Waals surface area contributed by atoms with Gasteiger partial charge < -0.3 is 31.1 Å². The van der Waals surface area contributed by atoms with Crippen molar-refractivity contribution in [1.29, 1.82) is 0 Å². The van der Waals surface area contributed by atoms with Crippen molar-refractivity contribution < 1.29 is 30.0 Å². The fraction of sp³-hybridized carbons (Fsp3) is 0.714. The third-order valence-corrected chi connectivity index (χ3v) is 1.90. The zero-order valence-electron chi connectivity index (χ0n) is 7.93. The van der Waals surface area contributed by atoms with Crippen LogP contribution in [0.4, 0.5) is 9.59 Å². The van der Waals surface area contributed by atoms with Crippen LogP contribution in [0.25, 0.3) is 0 Å². The first-order valence-corrected chi connectivity index (χ1v) is 4.11. The number of amides is 2. The standard InChI is InChI=1S/C7H14N2O6/c10-3-7(4-11,1-8-5(12)13)2-9-6(14)15/h8-11H,1-4H2,(H,12,13)(H,14,15). The molecular weight excluding hydrogens is 208 g/mol. The zero-order chi connectivity index (χ0) is 11.9. The van der Waals surface area contributed by atoms with Crippen molar-refractivity contribution in [3.8, 4) is 0 Å². The number of hydrogen-bond donors (Lipinski definition) is 6. The lowest BCUT2D eigenvalue weighted by Crippen LogP contribution is -2.49. The largest absolute Gasteiger partial charge is 0.465 e. The molecule has 0 saturated carbocycles. The molecule has 0 aliphatic rings. The molecule has 8 heteroatoms. The van der Waals surface area contributed by atoms with E-state index in [0.29, 0.717) is 0 Å². The maximum absolute atomic E-state index is 10.2. The molecular formula is C7H14N2O6. The molecule has 0 fully saturated rings. The van der Waals surface area contributed by atoms with Crippen LogP contribution in [0.3, 0.4) is 0 Å². The quantitative estimate of drug-likeness (QED) is 0.323. The summed E-state index contributed by atoms with van der Waals surface area (Å²) in [5.41, 5.74) is -1.23. The van der Waals surface area contributed by atoms with Crippen LogP contribution < -0.4 is 10.6 Å². The Kier molecular flexibility index (Phi) is 5.42. The van der Waals surface area contributed by atoms with Crippen LogP contribution in [-0.2, 0) is 0 Å². The number of carboxylic acid groups (broad SMARTS) is 2. The summed E-state index contributed by atoms with van der Waals surface area (Å²) in [6, 6.07) is 0. The normalized spacial score (nSPS) is 10.8. The summed E-state index contributed by atoms with van der Waals surface area (Å²) in [6.07, 6.45) is -2.62. The summed E-state index contributed by atoms with van der Waals surface area (Å²) < 4.78 is 0. The Hall–Kier alpha value is -1.54. The monoisotopic (exact) mass is 222 g/mol. The SMILES string of the molecule is O=C(O)NCC(CO)(CO)CNC(=O)O. The van der Waals surface area contributed by atoms with E-state index in [0.717, 1.165) is 0 Å². The van der Waals surface area contributed by atoms with Gasteiger partial charge in [-0.15, -0.1) is 0 Å². The van der Waals surface area contributed by atoms with E-state index in [2.05, 4.69) is 0 Å². The van der Waals surface area contributed by atoms with Gasteiger partial charge in [-0.2, -0.15) is 0 Å². The second-order valence-corrected chi connectivity index (χ2v) is 3.13. The van der Waals surface area contributed by atoms with Crippen molar-refractivity contribution in [1.82, 2.24) is 10.6 Å². The van der Waals surface area contributed by atoms with Gasteiger partial charge in [0, 0.05) is 13.1 Å². The van der Waals surface area contributed by atoms with Crippen molar-refractivity contribution in [2.75, 3.05) is 26.3 Å². The summed E-state index contributed by atoms with van der Waals surface area (Å²) in [5.74, 6) is 0. The molecule has 0 radical (unpaired) electrons. The molecule has 2 amide bonds. The summed E-state index contributed by atoms with van der Waals surface area (Å²) in [6.45, 7) is -1.56. The van der Waals surface area contributed by atoms with E-state index in [1.54, 1.807) is 0 Å². The minimum absolute atomic E-state index is 0.240. The van der Waals surface area contributed by atoms with Gasteiger partial charge in [0.25, 0.3) is 0 Å². The summed E-state index contributed by atoms with van der Waals surface area (Å²) in [7, 11) is 0. The summed E-state index contributed by atoms with van der Waals surface area (Å²) >= 11 is 0. The first kappa shape index (κ1) is 13.5. The summed E-state index contributed by atoms with van der Waals surface area (Å²) in [5, 5.41) is 38.6. The Morgan fingerprint density at radius 1 is 0.933 bits per heavy atom. The average Bonchev–Trinajstić information content (AvgIpc) is 2.19. The fourth-order valence-corrected chi connectivity index (χ4v) is 0.862. The minimum atomic E-state index is -1.31. The third-order valence-electron chi connectivity index (χ3n) is 1.90. The Balaban J connectivity index is 4.29. The molecule has 6 N–H and O–H groups in total. The molecule has 0 saturated heterocycles. The van der Waals surface area contributed by atoms with Crippen molar-refractivity contribution in [2.24, 2.45) is 5.41 Å². The lowest BCUT2D eigenvalue weighted by atomic mass is 9.90. The van der Waals surface area contributed by atoms with Gasteiger partial charge >= 0.3 is 12.2 Å². The molecule has 0 spiro atoms. The van der Waals surface area contributed by atoms with E-state index in [1.807, 2.05) is 10.6 Å². The van der Waals surface area contributed by atoms with Crippen LogP contribution in [0, 0.1) is 5.41 Å². The third kappa shape index (κ3) is 5.03. The van der Waals surface area contributed by atoms with E-state index in [9.17, 15) is 9.59 Å². The highest BCUT2D eigenvalue weighted by Crippen LogP contribution is 2.12. The molecule has 15 heavy (non-hydrogen) atoms. The Labute approximate surface area is 85.5 Å². The van der Waals surface area contributed by atoms with Gasteiger partial charge in [0.2, 0.25) is 0 Å². The lowest BCUT2D eigenvalue weighted by molar-refractivity contribution is 0.0545. The molecule has 0 bridgehead atoms. The molecule has 0 rings (SSSR count). The van der Waals surface area contributed by atoms with Crippen molar-refractivity contribution in [3.63, 3.8) is 0 Å². The molecule has 0 unspecified atom stereocenters. The van der Waals surface area contributed by atoms with Gasteiger partial charge in [0.05, 0.1) is 18.6 Å². The van der Waals surface area contributed by atoms with E-state index >= 15 is 0 Å². The molecule has 0 aromatic rings. The number of hydrogen-bond acceptors (Lipinski definition) is 4. The van der Waals surface area contributed by atoms with Crippen molar-refractivity contribution in [3.05, 3.63) is 0 Å². The first-order chi connectivity index (χ1) is 6.95. The molecule has 0 aliphatic heterocycles. The number of aliphatic hydroxyl groups is 2. The smallest absolute Gasteiger partial charge is 0.404 e. The molecule has 0 heterocycles. The molecule has 0 aromatic heterocycles. The van der Waals surface area contributed by atoms with Crippen LogP contribution >= 0.6 is 0 Å². The van der Waals surface area contributed by atoms with Crippen molar-refractivity contribution in [2.45, 2.75) is 0 Å². The van der Waals surface area contributed by atoms with Gasteiger partial charge in [-0.3, -0.25) is 0 Å². The summed E-state index contributed by atoms with van der Waals surface area (Å²) in [4.78, 5) is 20.4. The fourth-order valence-electron chi connectivity index (χ4n) is 0.862. The molecule has 0 atom stereocenters. The number of nitrogens with one attached hydrogen (secondary N) is 2. The predicted octanol–water partition coefficient (Wildman–Crippen LogP) is -1.51. The maximum Gasteiger partial charge on any atom is 0.404 e. The van der Waals surface area contributed by atoms with Gasteiger partial charge in [0.1, 0.15) is 0 Å². The molecule has 0 aliphatic carbocycles. The van der Waals surface area contributed by atoms with Crippen LogP contribution in [0.2, 0.25) is 0 Å². The van der Waals surface area contributed by atoms with Gasteiger partial charge in [0.15, 0.2) is 0 Å². The predicted molar refractivity (Wildman–Crippen MR) is 48.7 cm³/mol. The van der Waals surface area contributed by atoms with E-state index < -0.39 is 30.8 Å². The second-order valence-electron chi connectivity index (χ2n) is 3.13. The van der Waals surface area contributed by atoms with Crippen LogP contribution in [-0.4, -0.2) is 58.9 Å². The van der Waals surface area contributed by atoms with Crippen LogP contribution in [0.1, 0.15) is 0 Å². The Morgan fingerprint density at radius 3 is 1.47 bits per heavy atom. The van der Waals surface area contributed by atoms with Crippen LogP contribution in [0.5, 0.6) is 0 Å². The lowest BCUT2D eigenvalue weighted by Gasteiger charge is -2.28. The Bertz CT molecular complexity index is 208. The number of carbonyl (C=O) groups is 2. The van der Waals surface area contributed by atoms with Gasteiger partial charge in [-0.05, 0) is 0 Å². The molecule has 0 aromatic carbocycles. The van der Waals surface area contributed by atoms with E-state index in [1.165, 1.54) is 0 Å². The Morgan fingerprint density at radius 2 is 1.27 bits per heavy atom. The van der Waals surface area contributed by atoms with Gasteiger partial charge in [-0.1, -0.05) is 0 Å². The van der Waals surface area contributed by atoms with Gasteiger partial charge in [-0.25, -0.2) is 9.59 Å². The topological polar surface area (TPSA) is 139 Å². The van der Waals surface area contributed by atoms with Crippen molar-refractivity contribution >= 4 is 12.2 Å². The van der Waals surface area contributed by atoms with E-state index in [-0.39, 0.29) is 13.1 Å². The number of rotatable bonds is 6. The number of aliphatic hydroxyl groups excluding tert-OH is 2. The maximum atomic E-state index is 10.2. The highest BCUT2D eigenvalue weighted by Gasteiger charge is 2.30. The van der Waals surface area contributed by atoms with Crippen LogP contribution in [0.15, 0.2) is 0 Å². The minimum Gasteiger partial charge on any atom is -0.465 e. The zero-order valence-corrected chi connectivity index (χ0v) is 7.93. The first-order valence-electron chi connectivity index (χ1n) is 4.11. The molecule has 88 valence electrons. The highest BCUT2D eigenvalue weighted by atomic mass is 16.4. The molecule has 8 nitrogen and oxygen atoms in total. The second kappa shape index (κ2) is 6.04. The average molecular weight is 222 g/mol.